The molecule has 0 aliphatic heterocycles. The van der Waals surface area contributed by atoms with E-state index in [2.05, 4.69) is 15.5 Å². The van der Waals surface area contributed by atoms with E-state index in [-0.39, 0.29) is 11.7 Å². The summed E-state index contributed by atoms with van der Waals surface area (Å²) in [5.41, 5.74) is 4.08. The summed E-state index contributed by atoms with van der Waals surface area (Å²) in [5.74, 6) is 0.0880. The zero-order valence-corrected chi connectivity index (χ0v) is 15.6. The van der Waals surface area contributed by atoms with Crippen LogP contribution in [0, 0.1) is 11.3 Å². The highest BCUT2D eigenvalue weighted by Gasteiger charge is 2.13. The second-order valence-corrected chi connectivity index (χ2v) is 6.62. The van der Waals surface area contributed by atoms with Gasteiger partial charge < -0.3 is 5.32 Å². The average molecular weight is 380 g/mol. The van der Waals surface area contributed by atoms with Gasteiger partial charge in [-0.05, 0) is 54.4 Å². The maximum absolute atomic E-state index is 12.5. The molecule has 0 bridgehead atoms. The number of H-pyrrole nitrogens is 1. The van der Waals surface area contributed by atoms with Crippen molar-refractivity contribution in [1.82, 2.24) is 10.2 Å². The van der Waals surface area contributed by atoms with Gasteiger partial charge in [-0.25, -0.2) is 0 Å². The standard InChI is InChI=1S/C23H16N4O2/c1-14(28)16-5-3-6-17(11-16)18-8-9-20-21(12-18)26-27-22(20)25-23(29)19-7-2-4-15(10-19)13-24/h2-12H,1H3,(H2,25,26,27,29). The van der Waals surface area contributed by atoms with Crippen LogP contribution in [0.25, 0.3) is 22.0 Å². The molecule has 29 heavy (non-hydrogen) atoms. The van der Waals surface area contributed by atoms with Gasteiger partial charge in [-0.2, -0.15) is 10.4 Å². The highest BCUT2D eigenvalue weighted by atomic mass is 16.1. The highest BCUT2D eigenvalue weighted by Crippen LogP contribution is 2.28. The van der Waals surface area contributed by atoms with Gasteiger partial charge in [0.15, 0.2) is 11.6 Å². The lowest BCUT2D eigenvalue weighted by Gasteiger charge is -2.05. The number of aromatic nitrogens is 2. The SMILES string of the molecule is CC(=O)c1cccc(-c2ccc3c(NC(=O)c4cccc(C#N)c4)n[nH]c3c2)c1. The molecule has 0 spiro atoms. The molecule has 0 saturated carbocycles. The van der Waals surface area contributed by atoms with Gasteiger partial charge in [0.1, 0.15) is 0 Å². The fraction of sp³-hybridized carbons (Fsp3) is 0.0435. The number of nitrogens with one attached hydrogen (secondary N) is 2. The van der Waals surface area contributed by atoms with Gasteiger partial charge in [0.05, 0.1) is 17.1 Å². The van der Waals surface area contributed by atoms with Gasteiger partial charge in [-0.1, -0.05) is 30.3 Å². The van der Waals surface area contributed by atoms with E-state index in [0.717, 1.165) is 22.0 Å². The summed E-state index contributed by atoms with van der Waals surface area (Å²) < 4.78 is 0. The van der Waals surface area contributed by atoms with E-state index in [1.165, 1.54) is 6.07 Å². The Kier molecular flexibility index (Phi) is 4.63. The molecule has 1 heterocycles. The van der Waals surface area contributed by atoms with Crippen LogP contribution in [0.15, 0.2) is 66.7 Å². The Balaban J connectivity index is 1.63. The number of ketones is 1. The number of Topliss-reactive ketones (excluding diaryl/α,β-unsaturated/α-hetero) is 1. The van der Waals surface area contributed by atoms with Crippen LogP contribution in [0.3, 0.4) is 0 Å². The molecule has 2 N–H and O–H groups in total. The Morgan fingerprint density at radius 1 is 0.966 bits per heavy atom. The minimum absolute atomic E-state index is 0.0138. The number of hydrogen-bond donors (Lipinski definition) is 2. The van der Waals surface area contributed by atoms with Crippen LogP contribution in [0.2, 0.25) is 0 Å². The number of nitriles is 1. The Morgan fingerprint density at radius 3 is 2.52 bits per heavy atom. The van der Waals surface area contributed by atoms with Crippen molar-refractivity contribution in [2.75, 3.05) is 5.32 Å². The Hall–Kier alpha value is -4.24. The molecule has 4 aromatic rings. The molecule has 0 atom stereocenters. The fourth-order valence-electron chi connectivity index (χ4n) is 3.12. The number of rotatable bonds is 4. The van der Waals surface area contributed by atoms with Crippen molar-refractivity contribution < 1.29 is 9.59 Å². The van der Waals surface area contributed by atoms with Crippen LogP contribution in [0.4, 0.5) is 5.82 Å². The predicted molar refractivity (Wildman–Crippen MR) is 111 cm³/mol. The van der Waals surface area contributed by atoms with Gasteiger partial charge in [0.2, 0.25) is 0 Å². The fourth-order valence-corrected chi connectivity index (χ4v) is 3.12. The minimum atomic E-state index is -0.339. The number of anilines is 1. The zero-order chi connectivity index (χ0) is 20.4. The first-order valence-corrected chi connectivity index (χ1v) is 8.96. The lowest BCUT2D eigenvalue weighted by atomic mass is 10.0. The summed E-state index contributed by atoms with van der Waals surface area (Å²) >= 11 is 0. The summed E-state index contributed by atoms with van der Waals surface area (Å²) in [6.45, 7) is 1.54. The number of benzene rings is 3. The second kappa shape index (κ2) is 7.41. The van der Waals surface area contributed by atoms with Crippen molar-refractivity contribution in [3.05, 3.63) is 83.4 Å². The highest BCUT2D eigenvalue weighted by molar-refractivity contribution is 6.08. The zero-order valence-electron chi connectivity index (χ0n) is 15.6. The third kappa shape index (κ3) is 3.62. The molecule has 140 valence electrons. The van der Waals surface area contributed by atoms with E-state index in [9.17, 15) is 9.59 Å². The molecular formula is C23H16N4O2. The van der Waals surface area contributed by atoms with E-state index in [1.54, 1.807) is 31.2 Å². The first-order valence-electron chi connectivity index (χ1n) is 8.96. The maximum Gasteiger partial charge on any atom is 0.256 e. The van der Waals surface area contributed by atoms with E-state index < -0.39 is 0 Å². The molecular weight excluding hydrogens is 364 g/mol. The first kappa shape index (κ1) is 18.1. The Labute approximate surface area is 166 Å². The lowest BCUT2D eigenvalue weighted by molar-refractivity contribution is 0.101. The Morgan fingerprint density at radius 2 is 1.72 bits per heavy atom. The van der Waals surface area contributed by atoms with Crippen LogP contribution in [-0.2, 0) is 0 Å². The molecule has 4 rings (SSSR count). The number of carbonyl (C=O) groups is 2. The molecule has 0 unspecified atom stereocenters. The second-order valence-electron chi connectivity index (χ2n) is 6.62. The van der Waals surface area contributed by atoms with Gasteiger partial charge in [-0.15, -0.1) is 0 Å². The average Bonchev–Trinajstić information content (AvgIpc) is 3.15. The smallest absolute Gasteiger partial charge is 0.256 e. The molecule has 0 radical (unpaired) electrons. The quantitative estimate of drug-likeness (QED) is 0.507. The summed E-state index contributed by atoms with van der Waals surface area (Å²) in [6, 6.07) is 21.6. The predicted octanol–water partition coefficient (Wildman–Crippen LogP) is 4.56. The summed E-state index contributed by atoms with van der Waals surface area (Å²) in [6.07, 6.45) is 0. The molecule has 0 aliphatic carbocycles. The van der Waals surface area contributed by atoms with Crippen molar-refractivity contribution in [2.45, 2.75) is 6.92 Å². The number of amides is 1. The Bertz CT molecular complexity index is 1300. The molecule has 1 aromatic heterocycles. The molecule has 0 fully saturated rings. The van der Waals surface area contributed by atoms with E-state index in [0.29, 0.717) is 22.5 Å². The van der Waals surface area contributed by atoms with E-state index >= 15 is 0 Å². The van der Waals surface area contributed by atoms with E-state index in [1.807, 2.05) is 42.5 Å². The van der Waals surface area contributed by atoms with Crippen molar-refractivity contribution in [2.24, 2.45) is 0 Å². The third-order valence-corrected chi connectivity index (χ3v) is 4.65. The molecule has 0 saturated heterocycles. The van der Waals surface area contributed by atoms with Crippen LogP contribution >= 0.6 is 0 Å². The summed E-state index contributed by atoms with van der Waals surface area (Å²) in [5, 5.41) is 19.7. The number of aromatic amines is 1. The normalized spacial score (nSPS) is 10.5. The number of nitrogens with zero attached hydrogens (tertiary/aromatic N) is 2. The van der Waals surface area contributed by atoms with Gasteiger partial charge in [0.25, 0.3) is 5.91 Å². The van der Waals surface area contributed by atoms with Crippen LogP contribution < -0.4 is 5.32 Å². The van der Waals surface area contributed by atoms with Crippen LogP contribution in [0.5, 0.6) is 0 Å². The molecule has 3 aromatic carbocycles. The van der Waals surface area contributed by atoms with Crippen molar-refractivity contribution in [1.29, 1.82) is 5.26 Å². The molecule has 0 aliphatic rings. The maximum atomic E-state index is 12.5. The van der Waals surface area contributed by atoms with Crippen LogP contribution in [0.1, 0.15) is 33.2 Å². The molecule has 6 nitrogen and oxygen atoms in total. The summed E-state index contributed by atoms with van der Waals surface area (Å²) in [7, 11) is 0. The van der Waals surface area contributed by atoms with Gasteiger partial charge in [-0.3, -0.25) is 14.7 Å². The third-order valence-electron chi connectivity index (χ3n) is 4.65. The van der Waals surface area contributed by atoms with E-state index in [4.69, 9.17) is 5.26 Å². The first-order chi connectivity index (χ1) is 14.0. The van der Waals surface area contributed by atoms with Gasteiger partial charge in [0, 0.05) is 16.5 Å². The minimum Gasteiger partial charge on any atom is -0.305 e. The van der Waals surface area contributed by atoms with Crippen molar-refractivity contribution >= 4 is 28.4 Å². The number of carbonyl (C=O) groups excluding carboxylic acids is 2. The summed E-state index contributed by atoms with van der Waals surface area (Å²) in [4.78, 5) is 24.1. The molecule has 6 heteroatoms. The van der Waals surface area contributed by atoms with Crippen molar-refractivity contribution in [3.63, 3.8) is 0 Å². The largest absolute Gasteiger partial charge is 0.305 e. The topological polar surface area (TPSA) is 98.6 Å². The van der Waals surface area contributed by atoms with Gasteiger partial charge >= 0.3 is 0 Å². The number of hydrogen-bond acceptors (Lipinski definition) is 4. The lowest BCUT2D eigenvalue weighted by Crippen LogP contribution is -2.12. The molecule has 1 amide bonds. The monoisotopic (exact) mass is 380 g/mol. The van der Waals surface area contributed by atoms with Crippen molar-refractivity contribution in [3.8, 4) is 17.2 Å². The number of fused-ring (bicyclic) bond motifs is 1. The van der Waals surface area contributed by atoms with Crippen LogP contribution in [-0.4, -0.2) is 21.9 Å².